The third kappa shape index (κ3) is 3.52. The minimum atomic E-state index is -0.472. The van der Waals surface area contributed by atoms with Gasteiger partial charge in [-0.1, -0.05) is 15.9 Å². The highest BCUT2D eigenvalue weighted by Crippen LogP contribution is 2.23. The van der Waals surface area contributed by atoms with Crippen LogP contribution >= 0.6 is 15.9 Å². The van der Waals surface area contributed by atoms with Crippen LogP contribution in [-0.2, 0) is 4.79 Å². The van der Waals surface area contributed by atoms with E-state index in [1.807, 2.05) is 32.0 Å². The van der Waals surface area contributed by atoms with Gasteiger partial charge < -0.3 is 10.1 Å². The van der Waals surface area contributed by atoms with Crippen LogP contribution in [0.3, 0.4) is 0 Å². The molecule has 1 rings (SSSR count). The lowest BCUT2D eigenvalue weighted by atomic mass is 10.2. The first-order valence-corrected chi connectivity index (χ1v) is 6.04. The summed E-state index contributed by atoms with van der Waals surface area (Å²) in [5.41, 5.74) is 1.01. The number of benzene rings is 1. The molecule has 0 aromatic heterocycles. The number of aryl methyl sites for hydroxylation is 1. The van der Waals surface area contributed by atoms with Crippen LogP contribution in [0.25, 0.3) is 0 Å². The van der Waals surface area contributed by atoms with Gasteiger partial charge in [0, 0.05) is 11.0 Å². The van der Waals surface area contributed by atoms with Crippen LogP contribution in [-0.4, -0.2) is 18.6 Å². The Kier molecular flexibility index (Phi) is 4.80. The highest BCUT2D eigenvalue weighted by atomic mass is 79.9. The van der Waals surface area contributed by atoms with Crippen LogP contribution in [0.15, 0.2) is 22.7 Å². The zero-order chi connectivity index (χ0) is 12.1. The zero-order valence-corrected chi connectivity index (χ0v) is 11.3. The third-order valence-electron chi connectivity index (χ3n) is 2.16. The largest absolute Gasteiger partial charge is 0.481 e. The van der Waals surface area contributed by atoms with Crippen LogP contribution in [0.5, 0.6) is 5.75 Å². The van der Waals surface area contributed by atoms with Crippen molar-refractivity contribution in [2.75, 3.05) is 6.54 Å². The molecular weight excluding hydrogens is 270 g/mol. The van der Waals surface area contributed by atoms with Crippen molar-refractivity contribution < 1.29 is 9.53 Å². The molecule has 0 saturated heterocycles. The minimum Gasteiger partial charge on any atom is -0.481 e. The summed E-state index contributed by atoms with van der Waals surface area (Å²) in [6.07, 6.45) is -0.472. The van der Waals surface area contributed by atoms with Gasteiger partial charge in [0.15, 0.2) is 6.10 Å². The average Bonchev–Trinajstić information content (AvgIpc) is 2.22. The van der Waals surface area contributed by atoms with E-state index in [1.54, 1.807) is 6.92 Å². The number of carbonyl (C=O) groups excluding carboxylic acids is 1. The third-order valence-corrected chi connectivity index (χ3v) is 2.65. The Morgan fingerprint density at radius 2 is 2.25 bits per heavy atom. The summed E-state index contributed by atoms with van der Waals surface area (Å²) in [7, 11) is 0. The summed E-state index contributed by atoms with van der Waals surface area (Å²) in [6, 6.07) is 5.71. The summed E-state index contributed by atoms with van der Waals surface area (Å²) in [5, 5.41) is 2.72. The van der Waals surface area contributed by atoms with Crippen molar-refractivity contribution in [3.8, 4) is 5.75 Å². The molecule has 0 aliphatic rings. The highest BCUT2D eigenvalue weighted by Gasteiger charge is 2.14. The number of amides is 1. The first kappa shape index (κ1) is 13.0. The van der Waals surface area contributed by atoms with Crippen molar-refractivity contribution in [1.82, 2.24) is 5.32 Å². The van der Waals surface area contributed by atoms with Gasteiger partial charge in [0.1, 0.15) is 5.75 Å². The average molecular weight is 286 g/mol. The Morgan fingerprint density at radius 3 is 2.81 bits per heavy atom. The van der Waals surface area contributed by atoms with E-state index < -0.39 is 6.10 Å². The molecule has 1 atom stereocenters. The van der Waals surface area contributed by atoms with Crippen molar-refractivity contribution in [2.24, 2.45) is 0 Å². The fourth-order valence-electron chi connectivity index (χ4n) is 1.31. The highest BCUT2D eigenvalue weighted by molar-refractivity contribution is 9.10. The van der Waals surface area contributed by atoms with Gasteiger partial charge in [0.2, 0.25) is 0 Å². The lowest BCUT2D eigenvalue weighted by Crippen LogP contribution is -2.36. The molecule has 0 aliphatic carbocycles. The molecule has 88 valence electrons. The number of ether oxygens (including phenoxy) is 1. The number of hydrogen-bond acceptors (Lipinski definition) is 2. The molecule has 0 fully saturated rings. The Hall–Kier alpha value is -1.03. The first-order chi connectivity index (χ1) is 7.54. The molecular formula is C12H16BrNO2. The van der Waals surface area contributed by atoms with Gasteiger partial charge in [-0.2, -0.15) is 0 Å². The molecule has 0 spiro atoms. The molecule has 1 aromatic rings. The second kappa shape index (κ2) is 5.89. The van der Waals surface area contributed by atoms with Crippen molar-refractivity contribution in [1.29, 1.82) is 0 Å². The van der Waals surface area contributed by atoms with E-state index in [2.05, 4.69) is 21.2 Å². The van der Waals surface area contributed by atoms with Crippen molar-refractivity contribution in [3.05, 3.63) is 28.2 Å². The second-order valence-electron chi connectivity index (χ2n) is 3.56. The molecule has 0 radical (unpaired) electrons. The summed E-state index contributed by atoms with van der Waals surface area (Å²) < 4.78 is 6.58. The van der Waals surface area contributed by atoms with Crippen LogP contribution in [0.1, 0.15) is 19.4 Å². The van der Waals surface area contributed by atoms with Crippen LogP contribution in [0.2, 0.25) is 0 Å². The summed E-state index contributed by atoms with van der Waals surface area (Å²) >= 11 is 3.38. The smallest absolute Gasteiger partial charge is 0.260 e. The predicted molar refractivity (Wildman–Crippen MR) is 67.7 cm³/mol. The van der Waals surface area contributed by atoms with Crippen LogP contribution in [0.4, 0.5) is 0 Å². The van der Waals surface area contributed by atoms with Gasteiger partial charge in [-0.25, -0.2) is 0 Å². The monoisotopic (exact) mass is 285 g/mol. The van der Waals surface area contributed by atoms with E-state index in [4.69, 9.17) is 4.74 Å². The quantitative estimate of drug-likeness (QED) is 0.924. The molecule has 4 heteroatoms. The Morgan fingerprint density at radius 1 is 1.56 bits per heavy atom. The van der Waals surface area contributed by atoms with E-state index >= 15 is 0 Å². The molecule has 0 bridgehead atoms. The van der Waals surface area contributed by atoms with E-state index in [1.165, 1.54) is 0 Å². The number of carbonyl (C=O) groups is 1. The summed E-state index contributed by atoms with van der Waals surface area (Å²) in [4.78, 5) is 11.5. The lowest BCUT2D eigenvalue weighted by Gasteiger charge is -2.15. The van der Waals surface area contributed by atoms with Gasteiger partial charge in [-0.15, -0.1) is 0 Å². The minimum absolute atomic E-state index is 0.0928. The van der Waals surface area contributed by atoms with E-state index in [0.29, 0.717) is 6.54 Å². The predicted octanol–water partition coefficient (Wildman–Crippen LogP) is 2.66. The van der Waals surface area contributed by atoms with Crippen molar-refractivity contribution in [2.45, 2.75) is 26.9 Å². The maximum absolute atomic E-state index is 11.5. The lowest BCUT2D eigenvalue weighted by molar-refractivity contribution is -0.127. The SMILES string of the molecule is CCNC(=O)C(C)Oc1ccc(Br)cc1C. The number of hydrogen-bond donors (Lipinski definition) is 1. The van der Waals surface area contributed by atoms with Gasteiger partial charge >= 0.3 is 0 Å². The van der Waals surface area contributed by atoms with Crippen LogP contribution < -0.4 is 10.1 Å². The van der Waals surface area contributed by atoms with Gasteiger partial charge in [0.05, 0.1) is 0 Å². The van der Waals surface area contributed by atoms with E-state index in [-0.39, 0.29) is 5.91 Å². The van der Waals surface area contributed by atoms with E-state index in [9.17, 15) is 4.79 Å². The molecule has 3 nitrogen and oxygen atoms in total. The summed E-state index contributed by atoms with van der Waals surface area (Å²) in [6.45, 7) is 6.19. The second-order valence-corrected chi connectivity index (χ2v) is 4.48. The topological polar surface area (TPSA) is 38.3 Å². The first-order valence-electron chi connectivity index (χ1n) is 5.25. The molecule has 16 heavy (non-hydrogen) atoms. The molecule has 1 N–H and O–H groups in total. The van der Waals surface area contributed by atoms with Gasteiger partial charge in [0.25, 0.3) is 5.91 Å². The molecule has 1 aromatic carbocycles. The van der Waals surface area contributed by atoms with E-state index in [0.717, 1.165) is 15.8 Å². The maximum atomic E-state index is 11.5. The molecule has 0 aliphatic heterocycles. The maximum Gasteiger partial charge on any atom is 0.260 e. The van der Waals surface area contributed by atoms with Gasteiger partial charge in [-0.05, 0) is 44.5 Å². The Balaban J connectivity index is 2.69. The van der Waals surface area contributed by atoms with Crippen LogP contribution in [0, 0.1) is 6.92 Å². The fourth-order valence-corrected chi connectivity index (χ4v) is 1.78. The molecule has 1 amide bonds. The number of halogens is 1. The fraction of sp³-hybridized carbons (Fsp3) is 0.417. The summed E-state index contributed by atoms with van der Waals surface area (Å²) in [5.74, 6) is 0.645. The normalized spacial score (nSPS) is 12.0. The number of likely N-dealkylation sites (N-methyl/N-ethyl adjacent to an activating group) is 1. The molecule has 0 heterocycles. The zero-order valence-electron chi connectivity index (χ0n) is 9.71. The van der Waals surface area contributed by atoms with Crippen molar-refractivity contribution in [3.63, 3.8) is 0 Å². The molecule has 1 unspecified atom stereocenters. The standard InChI is InChI=1S/C12H16BrNO2/c1-4-14-12(15)9(3)16-11-6-5-10(13)7-8(11)2/h5-7,9H,4H2,1-3H3,(H,14,15). The Bertz CT molecular complexity index is 379. The number of nitrogens with one attached hydrogen (secondary N) is 1. The van der Waals surface area contributed by atoms with Crippen molar-refractivity contribution >= 4 is 21.8 Å². The number of rotatable bonds is 4. The molecule has 0 saturated carbocycles. The van der Waals surface area contributed by atoms with Gasteiger partial charge in [-0.3, -0.25) is 4.79 Å². The Labute approximate surface area is 104 Å².